The molecule has 0 unspecified atom stereocenters. The molecule has 0 atom stereocenters. The first-order valence-electron chi connectivity index (χ1n) is 9.97. The van der Waals surface area contributed by atoms with E-state index in [0.29, 0.717) is 54.1 Å². The first-order chi connectivity index (χ1) is 14.3. The van der Waals surface area contributed by atoms with E-state index in [9.17, 15) is 9.59 Å². The van der Waals surface area contributed by atoms with Crippen LogP contribution in [0.1, 0.15) is 72.7 Å². The minimum absolute atomic E-state index is 0.0312. The molecule has 2 aromatic rings. The molecule has 0 bridgehead atoms. The highest BCUT2D eigenvalue weighted by Gasteiger charge is 2.24. The molecule has 0 radical (unpaired) electrons. The summed E-state index contributed by atoms with van der Waals surface area (Å²) in [6, 6.07) is 3.09. The normalized spacial score (nSPS) is 10.6. The first kappa shape index (κ1) is 23.1. The molecule has 164 valence electrons. The van der Waals surface area contributed by atoms with Gasteiger partial charge in [0, 0.05) is 11.5 Å². The van der Waals surface area contributed by atoms with Gasteiger partial charge in [0.2, 0.25) is 5.75 Å². The zero-order valence-corrected chi connectivity index (χ0v) is 18.3. The van der Waals surface area contributed by atoms with Gasteiger partial charge in [-0.1, -0.05) is 19.0 Å². The highest BCUT2D eigenvalue weighted by Crippen LogP contribution is 2.39. The van der Waals surface area contributed by atoms with Crippen molar-refractivity contribution < 1.29 is 28.3 Å². The number of aryl methyl sites for hydroxylation is 1. The van der Waals surface area contributed by atoms with E-state index in [1.807, 2.05) is 34.6 Å². The number of ether oxygens (including phenoxy) is 3. The Kier molecular flexibility index (Phi) is 8.08. The monoisotopic (exact) mass is 419 g/mol. The zero-order valence-electron chi connectivity index (χ0n) is 18.3. The van der Waals surface area contributed by atoms with Gasteiger partial charge < -0.3 is 18.7 Å². The lowest BCUT2D eigenvalue weighted by molar-refractivity contribution is 0.0844. The van der Waals surface area contributed by atoms with Crippen molar-refractivity contribution in [3.05, 3.63) is 34.7 Å². The summed E-state index contributed by atoms with van der Waals surface area (Å²) >= 11 is 0. The van der Waals surface area contributed by atoms with Crippen LogP contribution in [0.5, 0.6) is 17.2 Å². The van der Waals surface area contributed by atoms with Gasteiger partial charge in [-0.3, -0.25) is 20.4 Å². The van der Waals surface area contributed by atoms with Gasteiger partial charge in [-0.15, -0.1) is 0 Å². The van der Waals surface area contributed by atoms with Crippen LogP contribution in [-0.2, 0) is 0 Å². The van der Waals surface area contributed by atoms with Crippen LogP contribution in [0.25, 0.3) is 0 Å². The maximum atomic E-state index is 12.7. The fraction of sp³-hybridized carbons (Fsp3) is 0.476. The van der Waals surface area contributed by atoms with Gasteiger partial charge in [-0.2, -0.15) is 0 Å². The van der Waals surface area contributed by atoms with Gasteiger partial charge in [0.05, 0.1) is 25.5 Å². The van der Waals surface area contributed by atoms with Crippen molar-refractivity contribution in [1.82, 2.24) is 16.0 Å². The van der Waals surface area contributed by atoms with Crippen molar-refractivity contribution in [2.75, 3.05) is 19.8 Å². The molecule has 0 aliphatic heterocycles. The van der Waals surface area contributed by atoms with E-state index < -0.39 is 11.8 Å². The molecule has 1 heterocycles. The Balaban J connectivity index is 2.24. The predicted molar refractivity (Wildman–Crippen MR) is 110 cm³/mol. The highest BCUT2D eigenvalue weighted by atomic mass is 16.5. The Morgan fingerprint density at radius 1 is 0.967 bits per heavy atom. The number of hydrazine groups is 1. The second-order valence-electron chi connectivity index (χ2n) is 6.67. The molecule has 2 amide bonds. The standard InChI is InChI=1S/C21H29N3O6/c1-7-27-15-10-14(11-16(28-8-2)19(15)29-9-3)20(25)22-23-21(26)17-13(6)24-30-18(17)12(4)5/h10-12H,7-9H2,1-6H3,(H,22,25)(H,23,26). The third-order valence-electron chi connectivity index (χ3n) is 4.10. The number of hydrogen-bond donors (Lipinski definition) is 2. The van der Waals surface area contributed by atoms with Crippen molar-refractivity contribution in [3.8, 4) is 17.2 Å². The number of benzene rings is 1. The maximum Gasteiger partial charge on any atom is 0.275 e. The number of carbonyl (C=O) groups excluding carboxylic acids is 2. The highest BCUT2D eigenvalue weighted by molar-refractivity contribution is 6.00. The fourth-order valence-electron chi connectivity index (χ4n) is 2.83. The molecule has 2 rings (SSSR count). The van der Waals surface area contributed by atoms with Crippen LogP contribution in [0.15, 0.2) is 16.7 Å². The van der Waals surface area contributed by atoms with Crippen LogP contribution in [0.3, 0.4) is 0 Å². The Bertz CT molecular complexity index is 864. The maximum absolute atomic E-state index is 12.7. The van der Waals surface area contributed by atoms with Crippen LogP contribution >= 0.6 is 0 Å². The average molecular weight is 419 g/mol. The van der Waals surface area contributed by atoms with E-state index >= 15 is 0 Å². The molecule has 0 spiro atoms. The molecule has 2 N–H and O–H groups in total. The molecule has 0 saturated heterocycles. The van der Waals surface area contributed by atoms with E-state index in [2.05, 4.69) is 16.0 Å². The summed E-state index contributed by atoms with van der Waals surface area (Å²) < 4.78 is 22.1. The van der Waals surface area contributed by atoms with Gasteiger partial charge in [-0.05, 0) is 39.8 Å². The molecule has 0 aliphatic carbocycles. The predicted octanol–water partition coefficient (Wildman–Crippen LogP) is 3.38. The number of nitrogens with zero attached hydrogens (tertiary/aromatic N) is 1. The Labute approximate surface area is 176 Å². The minimum Gasteiger partial charge on any atom is -0.490 e. The van der Waals surface area contributed by atoms with Gasteiger partial charge in [0.25, 0.3) is 11.8 Å². The van der Waals surface area contributed by atoms with Crippen LogP contribution in [0.4, 0.5) is 0 Å². The van der Waals surface area contributed by atoms with Crippen LogP contribution in [0, 0.1) is 6.92 Å². The van der Waals surface area contributed by atoms with E-state index in [0.717, 1.165) is 0 Å². The quantitative estimate of drug-likeness (QED) is 0.599. The molecule has 1 aromatic heterocycles. The Hall–Kier alpha value is -3.23. The van der Waals surface area contributed by atoms with Crippen LogP contribution in [0.2, 0.25) is 0 Å². The van der Waals surface area contributed by atoms with E-state index in [4.69, 9.17) is 18.7 Å². The van der Waals surface area contributed by atoms with Gasteiger partial charge >= 0.3 is 0 Å². The van der Waals surface area contributed by atoms with Crippen molar-refractivity contribution >= 4 is 11.8 Å². The number of carbonyl (C=O) groups is 2. The minimum atomic E-state index is -0.534. The van der Waals surface area contributed by atoms with Gasteiger partial charge in [-0.25, -0.2) is 0 Å². The summed E-state index contributed by atoms with van der Waals surface area (Å²) in [5, 5.41) is 3.84. The Morgan fingerprint density at radius 3 is 2.00 bits per heavy atom. The van der Waals surface area contributed by atoms with E-state index in [1.54, 1.807) is 19.1 Å². The fourth-order valence-corrected chi connectivity index (χ4v) is 2.83. The molecule has 30 heavy (non-hydrogen) atoms. The number of rotatable bonds is 9. The molecule has 1 aromatic carbocycles. The Morgan fingerprint density at radius 2 is 1.50 bits per heavy atom. The number of amides is 2. The third-order valence-corrected chi connectivity index (χ3v) is 4.10. The van der Waals surface area contributed by atoms with Crippen LogP contribution < -0.4 is 25.1 Å². The van der Waals surface area contributed by atoms with E-state index in [-0.39, 0.29) is 11.5 Å². The number of nitrogens with one attached hydrogen (secondary N) is 2. The molecular formula is C21H29N3O6. The largest absolute Gasteiger partial charge is 0.490 e. The summed E-state index contributed by atoms with van der Waals surface area (Å²) in [6.07, 6.45) is 0. The van der Waals surface area contributed by atoms with Gasteiger partial charge in [0.1, 0.15) is 5.56 Å². The van der Waals surface area contributed by atoms with Gasteiger partial charge in [0.15, 0.2) is 17.3 Å². The molecule has 0 fully saturated rings. The molecule has 0 saturated carbocycles. The lowest BCUT2D eigenvalue weighted by Crippen LogP contribution is -2.42. The van der Waals surface area contributed by atoms with Crippen molar-refractivity contribution in [2.24, 2.45) is 0 Å². The first-order valence-corrected chi connectivity index (χ1v) is 9.97. The summed E-state index contributed by atoms with van der Waals surface area (Å²) in [5.41, 5.74) is 5.82. The summed E-state index contributed by atoms with van der Waals surface area (Å²) in [7, 11) is 0. The van der Waals surface area contributed by atoms with Crippen molar-refractivity contribution in [1.29, 1.82) is 0 Å². The molecule has 0 aliphatic rings. The SMILES string of the molecule is CCOc1cc(C(=O)NNC(=O)c2c(C)noc2C(C)C)cc(OCC)c1OCC. The van der Waals surface area contributed by atoms with E-state index in [1.165, 1.54) is 0 Å². The summed E-state index contributed by atoms with van der Waals surface area (Å²) in [4.78, 5) is 25.3. The lowest BCUT2D eigenvalue weighted by Gasteiger charge is -2.17. The third kappa shape index (κ3) is 5.22. The lowest BCUT2D eigenvalue weighted by atomic mass is 10.0. The van der Waals surface area contributed by atoms with Crippen molar-refractivity contribution in [3.63, 3.8) is 0 Å². The van der Waals surface area contributed by atoms with Crippen LogP contribution in [-0.4, -0.2) is 36.8 Å². The summed E-state index contributed by atoms with van der Waals surface area (Å²) in [6.45, 7) is 12.1. The topological polar surface area (TPSA) is 112 Å². The zero-order chi connectivity index (χ0) is 22.3. The molecular weight excluding hydrogens is 390 g/mol. The molecule has 9 heteroatoms. The second kappa shape index (κ2) is 10.5. The van der Waals surface area contributed by atoms with Crippen molar-refractivity contribution in [2.45, 2.75) is 47.5 Å². The second-order valence-corrected chi connectivity index (χ2v) is 6.67. The summed E-state index contributed by atoms with van der Waals surface area (Å²) in [5.74, 6) is 0.593. The molecule has 9 nitrogen and oxygen atoms in total. The number of aromatic nitrogens is 1. The average Bonchev–Trinajstić information content (AvgIpc) is 3.10. The smallest absolute Gasteiger partial charge is 0.275 e. The number of hydrogen-bond acceptors (Lipinski definition) is 7.